The number of morpholine rings is 1. The van der Waals surface area contributed by atoms with E-state index in [1.807, 2.05) is 18.2 Å². The molecule has 8 heteroatoms. The van der Waals surface area contributed by atoms with Crippen molar-refractivity contribution in [2.24, 2.45) is 0 Å². The monoisotopic (exact) mass is 342 g/mol. The molecule has 4 rings (SSSR count). The second-order valence-electron chi connectivity index (χ2n) is 5.80. The Balaban J connectivity index is 1.44. The van der Waals surface area contributed by atoms with Gasteiger partial charge in [0.25, 0.3) is 0 Å². The highest BCUT2D eigenvalue weighted by molar-refractivity contribution is 5.37. The van der Waals surface area contributed by atoms with Crippen LogP contribution in [0.15, 0.2) is 46.1 Å². The van der Waals surface area contributed by atoms with Gasteiger partial charge in [0.15, 0.2) is 5.65 Å². The van der Waals surface area contributed by atoms with Crippen molar-refractivity contribution in [3.63, 3.8) is 0 Å². The Labute approximate surface area is 143 Å². The molecule has 0 amide bonds. The number of aromatic nitrogens is 3. The van der Waals surface area contributed by atoms with Gasteiger partial charge in [0.2, 0.25) is 11.2 Å². The lowest BCUT2D eigenvalue weighted by Gasteiger charge is -2.25. The van der Waals surface area contributed by atoms with Crippen LogP contribution in [-0.4, -0.2) is 45.8 Å². The molecule has 25 heavy (non-hydrogen) atoms. The molecule has 1 aliphatic rings. The van der Waals surface area contributed by atoms with Gasteiger partial charge in [0.1, 0.15) is 25.0 Å². The first-order valence-electron chi connectivity index (χ1n) is 8.12. The van der Waals surface area contributed by atoms with Gasteiger partial charge in [-0.15, -0.1) is 0 Å². The molecule has 3 aromatic rings. The maximum atomic E-state index is 12.3. The summed E-state index contributed by atoms with van der Waals surface area (Å²) in [6.07, 6.45) is 2.85. The molecule has 0 radical (unpaired) electrons. The molecule has 0 saturated carbocycles. The number of fused-ring (bicyclic) bond motifs is 1. The lowest BCUT2D eigenvalue weighted by Crippen LogP contribution is -2.35. The molecule has 0 spiro atoms. The van der Waals surface area contributed by atoms with E-state index < -0.39 is 0 Å². The first-order valence-corrected chi connectivity index (χ1v) is 8.12. The van der Waals surface area contributed by atoms with Crippen molar-refractivity contribution in [1.29, 1.82) is 0 Å². The fourth-order valence-electron chi connectivity index (χ4n) is 2.77. The highest BCUT2D eigenvalue weighted by Gasteiger charge is 2.13. The number of hydrogen-bond donors (Lipinski definition) is 0. The Hall–Kier alpha value is -2.71. The van der Waals surface area contributed by atoms with Crippen molar-refractivity contribution >= 4 is 5.65 Å². The van der Waals surface area contributed by atoms with Gasteiger partial charge in [-0.25, -0.2) is 9.50 Å². The zero-order valence-electron chi connectivity index (χ0n) is 13.6. The van der Waals surface area contributed by atoms with Crippen LogP contribution < -0.4 is 10.2 Å². The van der Waals surface area contributed by atoms with E-state index in [-0.39, 0.29) is 17.8 Å². The molecular formula is C17H18N4O4. The Morgan fingerprint density at radius 2 is 2.12 bits per heavy atom. The van der Waals surface area contributed by atoms with Crippen LogP contribution in [0, 0.1) is 0 Å². The normalized spacial score (nSPS) is 15.5. The highest BCUT2D eigenvalue weighted by Crippen LogP contribution is 2.12. The van der Waals surface area contributed by atoms with E-state index in [2.05, 4.69) is 15.0 Å². The highest BCUT2D eigenvalue weighted by atomic mass is 16.5. The number of nitrogens with zero attached hydrogens (tertiary/aromatic N) is 4. The van der Waals surface area contributed by atoms with Crippen molar-refractivity contribution in [3.8, 4) is 5.75 Å². The molecule has 0 atom stereocenters. The number of rotatable bonds is 5. The van der Waals surface area contributed by atoms with Crippen LogP contribution in [0.4, 0.5) is 0 Å². The third-order valence-corrected chi connectivity index (χ3v) is 4.09. The quantitative estimate of drug-likeness (QED) is 0.686. The van der Waals surface area contributed by atoms with Crippen molar-refractivity contribution in [1.82, 2.24) is 19.5 Å². The van der Waals surface area contributed by atoms with Gasteiger partial charge in [-0.3, -0.25) is 9.69 Å². The standard InChI is InChI=1S/C17H18N4O4/c22-15-8-14(9-20-4-6-23-7-5-20)24-11-16(15)25-10-13-2-1-3-17-18-12-19-21(13)17/h1-3,8,11-12H,4-7,9-10H2. The van der Waals surface area contributed by atoms with Crippen LogP contribution in [-0.2, 0) is 17.9 Å². The van der Waals surface area contributed by atoms with Gasteiger partial charge in [-0.05, 0) is 12.1 Å². The topological polar surface area (TPSA) is 82.1 Å². The maximum Gasteiger partial charge on any atom is 0.227 e. The van der Waals surface area contributed by atoms with Gasteiger partial charge in [-0.1, -0.05) is 6.07 Å². The number of ether oxygens (including phenoxy) is 2. The van der Waals surface area contributed by atoms with Crippen LogP contribution in [0.5, 0.6) is 5.75 Å². The number of pyridine rings is 1. The second-order valence-corrected chi connectivity index (χ2v) is 5.80. The fourth-order valence-corrected chi connectivity index (χ4v) is 2.77. The predicted molar refractivity (Wildman–Crippen MR) is 88.4 cm³/mol. The summed E-state index contributed by atoms with van der Waals surface area (Å²) >= 11 is 0. The summed E-state index contributed by atoms with van der Waals surface area (Å²) in [5.41, 5.74) is 1.33. The Morgan fingerprint density at radius 1 is 1.24 bits per heavy atom. The van der Waals surface area contributed by atoms with Gasteiger partial charge in [0.05, 0.1) is 25.5 Å². The van der Waals surface area contributed by atoms with Gasteiger partial charge in [-0.2, -0.15) is 5.10 Å². The molecule has 1 saturated heterocycles. The van der Waals surface area contributed by atoms with Crippen LogP contribution >= 0.6 is 0 Å². The summed E-state index contributed by atoms with van der Waals surface area (Å²) < 4.78 is 18.2. The van der Waals surface area contributed by atoms with E-state index in [1.165, 1.54) is 18.7 Å². The van der Waals surface area contributed by atoms with E-state index in [9.17, 15) is 4.79 Å². The summed E-state index contributed by atoms with van der Waals surface area (Å²) in [7, 11) is 0. The smallest absolute Gasteiger partial charge is 0.227 e. The minimum Gasteiger partial charge on any atom is -0.480 e. The van der Waals surface area contributed by atoms with E-state index in [1.54, 1.807) is 4.52 Å². The van der Waals surface area contributed by atoms with Crippen LogP contribution in [0.1, 0.15) is 11.5 Å². The van der Waals surface area contributed by atoms with Crippen LogP contribution in [0.25, 0.3) is 5.65 Å². The SMILES string of the molecule is O=c1cc(CN2CCOCC2)occ1OCc1cccc2ncnn12. The molecule has 8 nitrogen and oxygen atoms in total. The lowest BCUT2D eigenvalue weighted by atomic mass is 10.3. The average Bonchev–Trinajstić information content (AvgIpc) is 3.11. The van der Waals surface area contributed by atoms with Crippen molar-refractivity contribution in [2.45, 2.75) is 13.2 Å². The average molecular weight is 342 g/mol. The van der Waals surface area contributed by atoms with Crippen LogP contribution in [0.2, 0.25) is 0 Å². The van der Waals surface area contributed by atoms with Gasteiger partial charge < -0.3 is 13.9 Å². The minimum atomic E-state index is -0.194. The summed E-state index contributed by atoms with van der Waals surface area (Å²) in [6, 6.07) is 7.08. The first-order chi connectivity index (χ1) is 12.3. The van der Waals surface area contributed by atoms with E-state index in [4.69, 9.17) is 13.9 Å². The summed E-state index contributed by atoms with van der Waals surface area (Å²) in [5.74, 6) is 0.806. The summed E-state index contributed by atoms with van der Waals surface area (Å²) in [5, 5.41) is 4.14. The molecular weight excluding hydrogens is 324 g/mol. The molecule has 3 aromatic heterocycles. The molecule has 0 aromatic carbocycles. The van der Waals surface area contributed by atoms with Crippen molar-refractivity contribution in [2.75, 3.05) is 26.3 Å². The van der Waals surface area contributed by atoms with Gasteiger partial charge >= 0.3 is 0 Å². The first kappa shape index (κ1) is 15.8. The molecule has 1 aliphatic heterocycles. The summed E-state index contributed by atoms with van der Waals surface area (Å²) in [6.45, 7) is 3.89. The Bertz CT molecular complexity index is 914. The lowest BCUT2D eigenvalue weighted by molar-refractivity contribution is 0.0310. The molecule has 0 aliphatic carbocycles. The molecule has 130 valence electrons. The third-order valence-electron chi connectivity index (χ3n) is 4.09. The molecule has 4 heterocycles. The van der Waals surface area contributed by atoms with Crippen LogP contribution in [0.3, 0.4) is 0 Å². The minimum absolute atomic E-state index is 0.183. The third kappa shape index (κ3) is 3.54. The zero-order valence-corrected chi connectivity index (χ0v) is 13.6. The molecule has 0 unspecified atom stereocenters. The van der Waals surface area contributed by atoms with E-state index in [0.717, 1.165) is 24.4 Å². The maximum absolute atomic E-state index is 12.3. The summed E-state index contributed by atoms with van der Waals surface area (Å²) in [4.78, 5) is 18.6. The molecule has 0 N–H and O–H groups in total. The van der Waals surface area contributed by atoms with Crippen molar-refractivity contribution in [3.05, 3.63) is 58.5 Å². The second kappa shape index (κ2) is 7.04. The van der Waals surface area contributed by atoms with Gasteiger partial charge in [0, 0.05) is 19.2 Å². The fraction of sp³-hybridized carbons (Fsp3) is 0.353. The predicted octanol–water partition coefficient (Wildman–Crippen LogP) is 1.09. The largest absolute Gasteiger partial charge is 0.480 e. The Morgan fingerprint density at radius 3 is 2.96 bits per heavy atom. The molecule has 1 fully saturated rings. The zero-order chi connectivity index (χ0) is 17.1. The molecule has 0 bridgehead atoms. The van der Waals surface area contributed by atoms with Crippen molar-refractivity contribution < 1.29 is 13.9 Å². The van der Waals surface area contributed by atoms with E-state index in [0.29, 0.717) is 25.5 Å². The Kier molecular flexibility index (Phi) is 4.45. The number of hydrogen-bond acceptors (Lipinski definition) is 7. The van der Waals surface area contributed by atoms with E-state index >= 15 is 0 Å².